The van der Waals surface area contributed by atoms with Gasteiger partial charge in [-0.15, -0.1) is 0 Å². The molecular weight excluding hydrogens is 923 g/mol. The second-order valence-corrected chi connectivity index (χ2v) is 19.9. The third-order valence-corrected chi connectivity index (χ3v) is 15.8. The van der Waals surface area contributed by atoms with Crippen molar-refractivity contribution in [2.24, 2.45) is 0 Å². The first kappa shape index (κ1) is 43.6. The summed E-state index contributed by atoms with van der Waals surface area (Å²) in [6, 6.07) is 103. The van der Waals surface area contributed by atoms with E-state index in [0.29, 0.717) is 0 Å². The summed E-state index contributed by atoms with van der Waals surface area (Å²) in [4.78, 5) is 2.40. The van der Waals surface area contributed by atoms with Gasteiger partial charge in [-0.3, -0.25) is 0 Å². The van der Waals surface area contributed by atoms with Crippen molar-refractivity contribution < 1.29 is 8.83 Å². The SMILES string of the molecule is c1ccc(C2(c3ccccc3)c3ccccc3-c3cc(N(c4ccc(-c5ccc(-c6cccc7c6oc6ccccc67)cc5)cc4)c4ccc(-c5cccc(-c6cccc7c6oc6ccccc67)c5)cc4)ccc32)cc1. The first-order valence-corrected chi connectivity index (χ1v) is 26.1. The average Bonchev–Trinajstić information content (AvgIpc) is 4.17. The molecule has 12 aromatic carbocycles. The van der Waals surface area contributed by atoms with Crippen LogP contribution in [-0.4, -0.2) is 0 Å². The first-order chi connectivity index (χ1) is 37.7. The molecule has 0 fully saturated rings. The highest BCUT2D eigenvalue weighted by Gasteiger charge is 2.46. The minimum absolute atomic E-state index is 0.486. The minimum atomic E-state index is -0.486. The third-order valence-electron chi connectivity index (χ3n) is 15.8. The van der Waals surface area contributed by atoms with Crippen molar-refractivity contribution in [3.63, 3.8) is 0 Å². The Morgan fingerprint density at radius 3 is 1.28 bits per heavy atom. The molecule has 15 rings (SSSR count). The summed E-state index contributed by atoms with van der Waals surface area (Å²) in [6.45, 7) is 0. The normalized spacial score (nSPS) is 12.6. The summed E-state index contributed by atoms with van der Waals surface area (Å²) in [5.74, 6) is 0. The predicted octanol–water partition coefficient (Wildman–Crippen LogP) is 20.0. The number of benzene rings is 12. The molecule has 0 bridgehead atoms. The van der Waals surface area contributed by atoms with Gasteiger partial charge < -0.3 is 13.7 Å². The van der Waals surface area contributed by atoms with Gasteiger partial charge in [0.15, 0.2) is 0 Å². The van der Waals surface area contributed by atoms with Gasteiger partial charge in [-0.1, -0.05) is 231 Å². The molecule has 0 unspecified atom stereocenters. The highest BCUT2D eigenvalue weighted by molar-refractivity contribution is 6.11. The number of rotatable bonds is 9. The van der Waals surface area contributed by atoms with Crippen molar-refractivity contribution in [2.45, 2.75) is 5.41 Å². The summed E-state index contributed by atoms with van der Waals surface area (Å²) in [5, 5.41) is 4.53. The summed E-state index contributed by atoms with van der Waals surface area (Å²) in [5.41, 5.74) is 22.9. The van der Waals surface area contributed by atoms with E-state index in [-0.39, 0.29) is 0 Å². The molecule has 0 saturated heterocycles. The molecule has 0 N–H and O–H groups in total. The number of fused-ring (bicyclic) bond motifs is 9. The molecule has 0 atom stereocenters. The van der Waals surface area contributed by atoms with Gasteiger partial charge in [0.25, 0.3) is 0 Å². The third kappa shape index (κ3) is 6.90. The van der Waals surface area contributed by atoms with E-state index in [1.807, 2.05) is 24.3 Å². The monoisotopic (exact) mass is 969 g/mol. The standard InChI is InChI=1S/C73H47NO2/c1-3-18-54(19-4-1)73(55-20-5-2-6-21-55)67-29-10-7-22-61(67)66-47-58(44-45-68(66)73)74(56-40-36-49(37-41-56)48-32-34-51(35-33-48)59-25-14-27-64-62-23-8-11-30-69(62)75-71(59)64)57-42-38-50(39-43-57)52-16-13-17-53(46-52)60-26-15-28-65-63-24-9-12-31-70(63)76-72(60)65/h1-47H. The van der Waals surface area contributed by atoms with Crippen molar-refractivity contribution in [1.29, 1.82) is 0 Å². The van der Waals surface area contributed by atoms with E-state index >= 15 is 0 Å². The van der Waals surface area contributed by atoms with Crippen molar-refractivity contribution in [3.05, 3.63) is 307 Å². The van der Waals surface area contributed by atoms with Crippen molar-refractivity contribution >= 4 is 60.9 Å². The number of furan rings is 2. The summed E-state index contributed by atoms with van der Waals surface area (Å²) in [7, 11) is 0. The summed E-state index contributed by atoms with van der Waals surface area (Å²) >= 11 is 0. The van der Waals surface area contributed by atoms with Crippen LogP contribution >= 0.6 is 0 Å². The molecule has 2 heterocycles. The topological polar surface area (TPSA) is 29.5 Å². The van der Waals surface area contributed by atoms with E-state index in [9.17, 15) is 0 Å². The molecule has 0 spiro atoms. The average molecular weight is 970 g/mol. The fourth-order valence-corrected chi connectivity index (χ4v) is 12.3. The fourth-order valence-electron chi connectivity index (χ4n) is 12.3. The number of para-hydroxylation sites is 4. The Bertz CT molecular complexity index is 4450. The lowest BCUT2D eigenvalue weighted by Gasteiger charge is -2.34. The maximum absolute atomic E-state index is 6.48. The van der Waals surface area contributed by atoms with Crippen molar-refractivity contribution in [3.8, 4) is 55.6 Å². The smallest absolute Gasteiger partial charge is 0.143 e. The van der Waals surface area contributed by atoms with Crippen LogP contribution in [0.4, 0.5) is 17.1 Å². The van der Waals surface area contributed by atoms with E-state index < -0.39 is 5.41 Å². The Labute approximate surface area is 440 Å². The van der Waals surface area contributed by atoms with Gasteiger partial charge in [-0.25, -0.2) is 0 Å². The van der Waals surface area contributed by atoms with Crippen LogP contribution in [0.1, 0.15) is 22.3 Å². The Morgan fingerprint density at radius 1 is 0.250 bits per heavy atom. The minimum Gasteiger partial charge on any atom is -0.455 e. The maximum Gasteiger partial charge on any atom is 0.143 e. The van der Waals surface area contributed by atoms with Crippen LogP contribution in [0.15, 0.2) is 294 Å². The lowest BCUT2D eigenvalue weighted by atomic mass is 9.68. The number of anilines is 3. The van der Waals surface area contributed by atoms with Gasteiger partial charge >= 0.3 is 0 Å². The quantitative estimate of drug-likeness (QED) is 0.144. The number of hydrogen-bond donors (Lipinski definition) is 0. The highest BCUT2D eigenvalue weighted by atomic mass is 16.3. The zero-order valence-electron chi connectivity index (χ0n) is 41.4. The molecule has 3 nitrogen and oxygen atoms in total. The van der Waals surface area contributed by atoms with Crippen molar-refractivity contribution in [2.75, 3.05) is 4.90 Å². The van der Waals surface area contributed by atoms with Crippen molar-refractivity contribution in [1.82, 2.24) is 0 Å². The molecule has 76 heavy (non-hydrogen) atoms. The summed E-state index contributed by atoms with van der Waals surface area (Å²) < 4.78 is 12.9. The van der Waals surface area contributed by atoms with Gasteiger partial charge in [0.2, 0.25) is 0 Å². The van der Waals surface area contributed by atoms with Gasteiger partial charge in [0, 0.05) is 49.7 Å². The molecule has 0 saturated carbocycles. The van der Waals surface area contributed by atoms with Crippen LogP contribution in [0.25, 0.3) is 99.5 Å². The molecule has 1 aliphatic rings. The molecule has 0 amide bonds. The van der Waals surface area contributed by atoms with Crippen LogP contribution < -0.4 is 4.90 Å². The van der Waals surface area contributed by atoms with Gasteiger partial charge in [-0.05, 0) is 121 Å². The largest absolute Gasteiger partial charge is 0.455 e. The zero-order chi connectivity index (χ0) is 50.2. The Hall–Kier alpha value is -9.96. The highest BCUT2D eigenvalue weighted by Crippen LogP contribution is 2.57. The van der Waals surface area contributed by atoms with Gasteiger partial charge in [-0.2, -0.15) is 0 Å². The first-order valence-electron chi connectivity index (χ1n) is 26.1. The molecule has 0 aliphatic heterocycles. The second-order valence-electron chi connectivity index (χ2n) is 19.9. The zero-order valence-corrected chi connectivity index (χ0v) is 41.4. The Morgan fingerprint density at radius 2 is 0.671 bits per heavy atom. The second kappa shape index (κ2) is 17.6. The Kier molecular flexibility index (Phi) is 10.1. The summed E-state index contributed by atoms with van der Waals surface area (Å²) in [6.07, 6.45) is 0. The molecule has 3 heteroatoms. The lowest BCUT2D eigenvalue weighted by Crippen LogP contribution is -2.28. The molecule has 356 valence electrons. The fraction of sp³-hybridized carbons (Fsp3) is 0.0137. The van der Waals surface area contributed by atoms with Gasteiger partial charge in [0.05, 0.1) is 5.41 Å². The number of hydrogen-bond acceptors (Lipinski definition) is 3. The maximum atomic E-state index is 6.48. The molecule has 0 radical (unpaired) electrons. The molecule has 2 aromatic heterocycles. The molecular formula is C73H47NO2. The molecule has 14 aromatic rings. The van der Waals surface area contributed by atoms with E-state index in [4.69, 9.17) is 8.83 Å². The van der Waals surface area contributed by atoms with Crippen LogP contribution in [0, 0.1) is 0 Å². The Balaban J connectivity index is 0.828. The van der Waals surface area contributed by atoms with Gasteiger partial charge in [0.1, 0.15) is 22.3 Å². The van der Waals surface area contributed by atoms with Crippen LogP contribution in [0.2, 0.25) is 0 Å². The van der Waals surface area contributed by atoms with E-state index in [1.165, 1.54) is 33.4 Å². The van der Waals surface area contributed by atoms with Crippen LogP contribution in [0.3, 0.4) is 0 Å². The van der Waals surface area contributed by atoms with E-state index in [1.54, 1.807) is 0 Å². The van der Waals surface area contributed by atoms with E-state index in [2.05, 4.69) is 266 Å². The van der Waals surface area contributed by atoms with Crippen LogP contribution in [-0.2, 0) is 5.41 Å². The predicted molar refractivity (Wildman–Crippen MR) is 315 cm³/mol. The molecule has 1 aliphatic carbocycles. The van der Waals surface area contributed by atoms with E-state index in [0.717, 1.165) is 105 Å². The lowest BCUT2D eigenvalue weighted by molar-refractivity contribution is 0.669. The van der Waals surface area contributed by atoms with Crippen LogP contribution in [0.5, 0.6) is 0 Å². The number of nitrogens with zero attached hydrogens (tertiary/aromatic N) is 1.